The van der Waals surface area contributed by atoms with Gasteiger partial charge in [0.2, 0.25) is 11.8 Å². The van der Waals surface area contributed by atoms with Crippen LogP contribution in [0.4, 0.5) is 0 Å². The van der Waals surface area contributed by atoms with Crippen LogP contribution in [-0.2, 0) is 9.59 Å². The summed E-state index contributed by atoms with van der Waals surface area (Å²) < 4.78 is 0. The van der Waals surface area contributed by atoms with Gasteiger partial charge in [-0.05, 0) is 11.8 Å². The van der Waals surface area contributed by atoms with E-state index in [1.807, 2.05) is 4.90 Å². The molecule has 1 saturated carbocycles. The highest BCUT2D eigenvalue weighted by Gasteiger charge is 2.51. The predicted octanol–water partition coefficient (Wildman–Crippen LogP) is 0.345. The molecule has 1 heterocycles. The Labute approximate surface area is 121 Å². The number of carbonyl (C=O) groups excluding carboxylic acids is 2. The molecule has 5 nitrogen and oxygen atoms in total. The minimum Gasteiger partial charge on any atom is -0.339 e. The van der Waals surface area contributed by atoms with Crippen LogP contribution >= 0.6 is 12.4 Å². The second kappa shape index (κ2) is 6.09. The smallest absolute Gasteiger partial charge is 0.242 e. The van der Waals surface area contributed by atoms with Crippen molar-refractivity contribution in [2.45, 2.75) is 20.3 Å². The third kappa shape index (κ3) is 3.83. The van der Waals surface area contributed by atoms with E-state index in [2.05, 4.69) is 19.2 Å². The Morgan fingerprint density at radius 1 is 1.32 bits per heavy atom. The lowest BCUT2D eigenvalue weighted by atomic mass is 10.1. The number of rotatable bonds is 3. The second-order valence-electron chi connectivity index (χ2n) is 6.07. The number of nitrogens with zero attached hydrogens (tertiary/aromatic N) is 2. The molecule has 0 spiro atoms. The molecule has 1 aliphatic heterocycles. The summed E-state index contributed by atoms with van der Waals surface area (Å²) in [7, 11) is 1.73. The molecule has 2 amide bonds. The fourth-order valence-corrected chi connectivity index (χ4v) is 2.45. The van der Waals surface area contributed by atoms with Crippen LogP contribution in [0.5, 0.6) is 0 Å². The van der Waals surface area contributed by atoms with Crippen LogP contribution in [0, 0.1) is 11.3 Å². The maximum Gasteiger partial charge on any atom is 0.242 e. The zero-order chi connectivity index (χ0) is 13.3. The first-order valence-corrected chi connectivity index (χ1v) is 6.65. The minimum absolute atomic E-state index is 0. The number of likely N-dealkylation sites (N-methyl/N-ethyl adjacent to an activating group) is 1. The van der Waals surface area contributed by atoms with Gasteiger partial charge in [-0.15, -0.1) is 12.4 Å². The molecule has 110 valence electrons. The minimum atomic E-state index is 0. The summed E-state index contributed by atoms with van der Waals surface area (Å²) >= 11 is 0. The summed E-state index contributed by atoms with van der Waals surface area (Å²) in [6, 6.07) is 0. The molecule has 0 aromatic rings. The van der Waals surface area contributed by atoms with E-state index in [0.717, 1.165) is 32.6 Å². The van der Waals surface area contributed by atoms with E-state index in [4.69, 9.17) is 0 Å². The normalized spacial score (nSPS) is 24.4. The van der Waals surface area contributed by atoms with Gasteiger partial charge >= 0.3 is 0 Å². The highest BCUT2D eigenvalue weighted by molar-refractivity contribution is 5.87. The predicted molar refractivity (Wildman–Crippen MR) is 76.2 cm³/mol. The van der Waals surface area contributed by atoms with Gasteiger partial charge < -0.3 is 15.1 Å². The quantitative estimate of drug-likeness (QED) is 0.815. The standard InChI is InChI=1S/C13H23N3O2.ClH/c1-13(2)8-10(13)12(18)15(3)9-11(17)16-6-4-14-5-7-16;/h10,14H,4-9H2,1-3H3;1H. The van der Waals surface area contributed by atoms with Crippen LogP contribution in [0.2, 0.25) is 0 Å². The Bertz CT molecular complexity index is 354. The van der Waals surface area contributed by atoms with Crippen molar-refractivity contribution < 1.29 is 9.59 Å². The van der Waals surface area contributed by atoms with Gasteiger partial charge in [-0.2, -0.15) is 0 Å². The maximum atomic E-state index is 12.1. The van der Waals surface area contributed by atoms with Crippen molar-refractivity contribution >= 4 is 24.2 Å². The molecule has 19 heavy (non-hydrogen) atoms. The molecular formula is C13H24ClN3O2. The van der Waals surface area contributed by atoms with Crippen molar-refractivity contribution in [1.82, 2.24) is 15.1 Å². The summed E-state index contributed by atoms with van der Waals surface area (Å²) in [5.41, 5.74) is 0.128. The number of hydrogen-bond donors (Lipinski definition) is 1. The molecule has 1 atom stereocenters. The van der Waals surface area contributed by atoms with Crippen molar-refractivity contribution in [3.63, 3.8) is 0 Å². The lowest BCUT2D eigenvalue weighted by molar-refractivity contribution is -0.140. The van der Waals surface area contributed by atoms with Gasteiger partial charge in [0.15, 0.2) is 0 Å². The summed E-state index contributed by atoms with van der Waals surface area (Å²) in [5, 5.41) is 3.21. The number of nitrogens with one attached hydrogen (secondary N) is 1. The van der Waals surface area contributed by atoms with Gasteiger partial charge in [0.05, 0.1) is 6.54 Å². The third-order valence-electron chi connectivity index (χ3n) is 4.03. The Morgan fingerprint density at radius 3 is 2.32 bits per heavy atom. The zero-order valence-corrected chi connectivity index (χ0v) is 12.8. The largest absolute Gasteiger partial charge is 0.339 e. The SMILES string of the molecule is CN(CC(=O)N1CCNCC1)C(=O)C1CC1(C)C.Cl. The monoisotopic (exact) mass is 289 g/mol. The van der Waals surface area contributed by atoms with Crippen molar-refractivity contribution in [1.29, 1.82) is 0 Å². The zero-order valence-electron chi connectivity index (χ0n) is 11.9. The molecule has 1 unspecified atom stereocenters. The second-order valence-corrected chi connectivity index (χ2v) is 6.07. The Morgan fingerprint density at radius 2 is 1.84 bits per heavy atom. The number of carbonyl (C=O) groups is 2. The summed E-state index contributed by atoms with van der Waals surface area (Å²) in [6.45, 7) is 7.60. The van der Waals surface area contributed by atoms with Crippen molar-refractivity contribution in [2.75, 3.05) is 39.8 Å². The third-order valence-corrected chi connectivity index (χ3v) is 4.03. The summed E-state index contributed by atoms with van der Waals surface area (Å²) in [6.07, 6.45) is 0.942. The van der Waals surface area contributed by atoms with E-state index in [1.54, 1.807) is 11.9 Å². The molecular weight excluding hydrogens is 266 g/mol. The molecule has 0 aromatic carbocycles. The first kappa shape index (κ1) is 16.2. The van der Waals surface area contributed by atoms with E-state index >= 15 is 0 Å². The van der Waals surface area contributed by atoms with Gasteiger partial charge in [0.25, 0.3) is 0 Å². The van der Waals surface area contributed by atoms with Crippen LogP contribution in [-0.4, -0.2) is 61.4 Å². The van der Waals surface area contributed by atoms with Gasteiger partial charge in [0.1, 0.15) is 0 Å². The van der Waals surface area contributed by atoms with E-state index in [-0.39, 0.29) is 42.1 Å². The van der Waals surface area contributed by atoms with Crippen LogP contribution in [0.3, 0.4) is 0 Å². The number of halogens is 1. The van der Waals surface area contributed by atoms with E-state index in [0.29, 0.717) is 0 Å². The Kier molecular flexibility index (Phi) is 5.21. The molecule has 1 aliphatic carbocycles. The first-order valence-electron chi connectivity index (χ1n) is 6.65. The average Bonchev–Trinajstić information content (AvgIpc) is 2.98. The molecule has 1 saturated heterocycles. The molecule has 2 rings (SSSR count). The highest BCUT2D eigenvalue weighted by atomic mass is 35.5. The highest BCUT2D eigenvalue weighted by Crippen LogP contribution is 2.52. The van der Waals surface area contributed by atoms with Crippen molar-refractivity contribution in [3.05, 3.63) is 0 Å². The lowest BCUT2D eigenvalue weighted by Gasteiger charge is -2.29. The van der Waals surface area contributed by atoms with E-state index < -0.39 is 0 Å². The van der Waals surface area contributed by atoms with Gasteiger partial charge in [-0.3, -0.25) is 9.59 Å². The molecule has 2 fully saturated rings. The molecule has 0 bridgehead atoms. The number of amides is 2. The van der Waals surface area contributed by atoms with Gasteiger partial charge in [-0.25, -0.2) is 0 Å². The van der Waals surface area contributed by atoms with Gasteiger partial charge in [-0.1, -0.05) is 13.8 Å². The van der Waals surface area contributed by atoms with Crippen LogP contribution in [0.25, 0.3) is 0 Å². The van der Waals surface area contributed by atoms with Crippen molar-refractivity contribution in [3.8, 4) is 0 Å². The number of hydrogen-bond acceptors (Lipinski definition) is 3. The van der Waals surface area contributed by atoms with Gasteiger partial charge in [0, 0.05) is 39.1 Å². The molecule has 2 aliphatic rings. The number of piperazine rings is 1. The lowest BCUT2D eigenvalue weighted by Crippen LogP contribution is -2.50. The van der Waals surface area contributed by atoms with E-state index in [1.165, 1.54) is 0 Å². The molecule has 0 radical (unpaired) electrons. The van der Waals surface area contributed by atoms with Crippen LogP contribution in [0.15, 0.2) is 0 Å². The summed E-state index contributed by atoms with van der Waals surface area (Å²) in [5.74, 6) is 0.285. The molecule has 0 aromatic heterocycles. The molecule has 1 N–H and O–H groups in total. The average molecular weight is 290 g/mol. The first-order chi connectivity index (χ1) is 8.42. The Balaban J connectivity index is 0.00000180. The Hall–Kier alpha value is -0.810. The molecule has 6 heteroatoms. The van der Waals surface area contributed by atoms with Crippen LogP contribution in [0.1, 0.15) is 20.3 Å². The van der Waals surface area contributed by atoms with E-state index in [9.17, 15) is 9.59 Å². The fourth-order valence-electron chi connectivity index (χ4n) is 2.45. The topological polar surface area (TPSA) is 52.7 Å². The summed E-state index contributed by atoms with van der Waals surface area (Å²) in [4.78, 5) is 27.5. The van der Waals surface area contributed by atoms with Crippen molar-refractivity contribution in [2.24, 2.45) is 11.3 Å². The van der Waals surface area contributed by atoms with Crippen LogP contribution < -0.4 is 5.32 Å². The maximum absolute atomic E-state index is 12.1. The fraction of sp³-hybridized carbons (Fsp3) is 0.846.